The van der Waals surface area contributed by atoms with Crippen LogP contribution in [0, 0.1) is 12.7 Å². The monoisotopic (exact) mass is 490 g/mol. The Hall–Kier alpha value is -3.68. The Morgan fingerprint density at radius 3 is 2.47 bits per heavy atom. The summed E-state index contributed by atoms with van der Waals surface area (Å²) in [5.41, 5.74) is 1.92. The smallest absolute Gasteiger partial charge is 0.273 e. The number of aromatic nitrogens is 1. The molecule has 188 valence electrons. The second-order valence-corrected chi connectivity index (χ2v) is 10.3. The number of hydrogen-bond donors (Lipinski definition) is 2. The van der Waals surface area contributed by atoms with Crippen molar-refractivity contribution < 1.29 is 18.8 Å². The van der Waals surface area contributed by atoms with Crippen molar-refractivity contribution in [3.05, 3.63) is 65.1 Å². The fourth-order valence-electron chi connectivity index (χ4n) is 5.49. The molecule has 5 rings (SSSR count). The van der Waals surface area contributed by atoms with Crippen LogP contribution in [0.1, 0.15) is 61.1 Å². The molecule has 0 spiro atoms. The van der Waals surface area contributed by atoms with Gasteiger partial charge in [-0.25, -0.2) is 4.39 Å². The number of carbonyl (C=O) groups excluding carboxylic acids is 3. The number of carbonyl (C=O) groups is 3. The van der Waals surface area contributed by atoms with Crippen LogP contribution in [-0.4, -0.2) is 38.8 Å². The molecule has 7 nitrogen and oxygen atoms in total. The average Bonchev–Trinajstić information content (AvgIpc) is 3.44. The van der Waals surface area contributed by atoms with Crippen molar-refractivity contribution in [2.45, 2.75) is 71.1 Å². The van der Waals surface area contributed by atoms with Crippen LogP contribution in [0.25, 0.3) is 10.9 Å². The number of hydrogen-bond acceptors (Lipinski definition) is 3. The lowest BCUT2D eigenvalue weighted by atomic mass is 9.93. The highest BCUT2D eigenvalue weighted by atomic mass is 19.1. The zero-order chi connectivity index (χ0) is 25.6. The highest BCUT2D eigenvalue weighted by Gasteiger charge is 2.49. The predicted octanol–water partition coefficient (Wildman–Crippen LogP) is 4.52. The Labute approximate surface area is 209 Å². The van der Waals surface area contributed by atoms with Gasteiger partial charge in [-0.05, 0) is 50.5 Å². The lowest BCUT2D eigenvalue weighted by molar-refractivity contribution is -0.133. The van der Waals surface area contributed by atoms with E-state index in [-0.39, 0.29) is 48.2 Å². The summed E-state index contributed by atoms with van der Waals surface area (Å²) in [5, 5.41) is 6.37. The third kappa shape index (κ3) is 4.14. The van der Waals surface area contributed by atoms with Gasteiger partial charge >= 0.3 is 0 Å². The molecule has 0 radical (unpaired) electrons. The van der Waals surface area contributed by atoms with Gasteiger partial charge in [0.15, 0.2) is 0 Å². The largest absolute Gasteiger partial charge is 0.351 e. The minimum absolute atomic E-state index is 0.0949. The van der Waals surface area contributed by atoms with Crippen molar-refractivity contribution in [2.24, 2.45) is 0 Å². The highest BCUT2D eigenvalue weighted by Crippen LogP contribution is 2.40. The van der Waals surface area contributed by atoms with Crippen LogP contribution in [0.15, 0.2) is 42.5 Å². The Morgan fingerprint density at radius 1 is 1.11 bits per heavy atom. The summed E-state index contributed by atoms with van der Waals surface area (Å²) in [5.74, 6) is -1.42. The minimum atomic E-state index is -1.19. The zero-order valence-electron chi connectivity index (χ0n) is 20.9. The Balaban J connectivity index is 1.65. The van der Waals surface area contributed by atoms with E-state index in [0.717, 1.165) is 36.8 Å². The third-order valence-corrected chi connectivity index (χ3v) is 7.48. The SMILES string of the molecule is CC(=O)Nc1c2n(c3ccc(F)cc13)C[C@@](C)(C(=O)NC1CCCC1)N(Cc1ccc(C)cc1)C2=O. The Bertz CT molecular complexity index is 1360. The van der Waals surface area contributed by atoms with E-state index in [0.29, 0.717) is 10.9 Å². The second-order valence-electron chi connectivity index (χ2n) is 10.3. The summed E-state index contributed by atoms with van der Waals surface area (Å²) in [7, 11) is 0. The van der Waals surface area contributed by atoms with Crippen LogP contribution in [0.5, 0.6) is 0 Å². The van der Waals surface area contributed by atoms with Crippen molar-refractivity contribution in [1.82, 2.24) is 14.8 Å². The van der Waals surface area contributed by atoms with Crippen molar-refractivity contribution in [3.8, 4) is 0 Å². The van der Waals surface area contributed by atoms with Crippen molar-refractivity contribution in [1.29, 1.82) is 0 Å². The number of nitrogens with zero attached hydrogens (tertiary/aromatic N) is 2. The first-order chi connectivity index (χ1) is 17.2. The molecule has 0 unspecified atom stereocenters. The van der Waals surface area contributed by atoms with Gasteiger partial charge in [0.05, 0.1) is 17.7 Å². The van der Waals surface area contributed by atoms with E-state index >= 15 is 0 Å². The first-order valence-electron chi connectivity index (χ1n) is 12.4. The molecular formula is C28H31FN4O3. The number of fused-ring (bicyclic) bond motifs is 3. The van der Waals surface area contributed by atoms with E-state index < -0.39 is 11.4 Å². The van der Waals surface area contributed by atoms with Gasteiger partial charge in [-0.15, -0.1) is 0 Å². The molecule has 3 amide bonds. The zero-order valence-corrected chi connectivity index (χ0v) is 20.9. The summed E-state index contributed by atoms with van der Waals surface area (Å²) in [6.45, 7) is 5.54. The molecule has 2 aromatic carbocycles. The topological polar surface area (TPSA) is 83.4 Å². The van der Waals surface area contributed by atoms with Crippen LogP contribution < -0.4 is 10.6 Å². The van der Waals surface area contributed by atoms with E-state index in [9.17, 15) is 18.8 Å². The third-order valence-electron chi connectivity index (χ3n) is 7.48. The van der Waals surface area contributed by atoms with E-state index in [1.807, 2.05) is 31.2 Å². The number of nitrogens with one attached hydrogen (secondary N) is 2. The summed E-state index contributed by atoms with van der Waals surface area (Å²) in [6, 6.07) is 12.2. The first-order valence-corrected chi connectivity index (χ1v) is 12.4. The quantitative estimate of drug-likeness (QED) is 0.552. The molecule has 1 aliphatic heterocycles. The van der Waals surface area contributed by atoms with E-state index in [4.69, 9.17) is 0 Å². The average molecular weight is 491 g/mol. The molecular weight excluding hydrogens is 459 g/mol. The maximum absolute atomic E-state index is 14.2. The molecule has 0 saturated heterocycles. The summed E-state index contributed by atoms with van der Waals surface area (Å²) in [4.78, 5) is 41.7. The van der Waals surface area contributed by atoms with Crippen LogP contribution >= 0.6 is 0 Å². The Kier molecular flexibility index (Phi) is 6.06. The molecule has 36 heavy (non-hydrogen) atoms. The fraction of sp³-hybridized carbons (Fsp3) is 0.393. The lowest BCUT2D eigenvalue weighted by Crippen LogP contribution is -2.64. The van der Waals surface area contributed by atoms with Gasteiger partial charge in [-0.3, -0.25) is 14.4 Å². The van der Waals surface area contributed by atoms with E-state index in [2.05, 4.69) is 10.6 Å². The standard InChI is InChI=1S/C28H31FN4O3/c1-17-8-10-19(11-9-17)15-33-26(35)25-24(30-18(2)34)22-14-20(29)12-13-23(22)32(25)16-28(33,3)27(36)31-21-6-4-5-7-21/h8-14,21H,4-7,15-16H2,1-3H3,(H,30,34)(H,31,36)/t28-/m0/s1. The van der Waals surface area contributed by atoms with Crippen LogP contribution in [0.2, 0.25) is 0 Å². The van der Waals surface area contributed by atoms with Gasteiger partial charge in [-0.2, -0.15) is 0 Å². The van der Waals surface area contributed by atoms with Crippen LogP contribution in [-0.2, 0) is 22.7 Å². The summed E-state index contributed by atoms with van der Waals surface area (Å²) >= 11 is 0. The van der Waals surface area contributed by atoms with Crippen LogP contribution in [0.3, 0.4) is 0 Å². The van der Waals surface area contributed by atoms with Crippen LogP contribution in [0.4, 0.5) is 10.1 Å². The molecule has 0 bridgehead atoms. The number of benzene rings is 2. The predicted molar refractivity (Wildman–Crippen MR) is 136 cm³/mol. The van der Waals surface area contributed by atoms with Gasteiger partial charge in [0.25, 0.3) is 5.91 Å². The summed E-state index contributed by atoms with van der Waals surface area (Å²) < 4.78 is 16.0. The molecule has 1 atom stereocenters. The van der Waals surface area contributed by atoms with Gasteiger partial charge in [-0.1, -0.05) is 42.7 Å². The molecule has 3 aromatic rings. The minimum Gasteiger partial charge on any atom is -0.351 e. The number of halogens is 1. The Morgan fingerprint density at radius 2 is 1.81 bits per heavy atom. The molecule has 1 fully saturated rings. The van der Waals surface area contributed by atoms with E-state index in [1.54, 1.807) is 22.5 Å². The van der Waals surface area contributed by atoms with Gasteiger partial charge in [0.2, 0.25) is 11.8 Å². The maximum Gasteiger partial charge on any atom is 0.273 e. The fourth-order valence-corrected chi connectivity index (χ4v) is 5.49. The molecule has 1 aromatic heterocycles. The van der Waals surface area contributed by atoms with Gasteiger partial charge < -0.3 is 20.1 Å². The number of rotatable bonds is 5. The second kappa shape index (κ2) is 9.08. The van der Waals surface area contributed by atoms with E-state index in [1.165, 1.54) is 19.1 Å². The number of anilines is 1. The van der Waals surface area contributed by atoms with Crippen molar-refractivity contribution in [2.75, 3.05) is 5.32 Å². The first kappa shape index (κ1) is 24.0. The molecule has 2 N–H and O–H groups in total. The van der Waals surface area contributed by atoms with Crippen molar-refractivity contribution >= 4 is 34.3 Å². The van der Waals surface area contributed by atoms with Gasteiger partial charge in [0.1, 0.15) is 17.1 Å². The summed E-state index contributed by atoms with van der Waals surface area (Å²) in [6.07, 6.45) is 4.01. The number of amides is 3. The van der Waals surface area contributed by atoms with Gasteiger partial charge in [0, 0.05) is 24.9 Å². The highest BCUT2D eigenvalue weighted by molar-refractivity contribution is 6.14. The maximum atomic E-state index is 14.2. The lowest BCUT2D eigenvalue weighted by Gasteiger charge is -2.44. The number of aryl methyl sites for hydroxylation is 1. The molecule has 2 aliphatic rings. The molecule has 1 aliphatic carbocycles. The van der Waals surface area contributed by atoms with Crippen molar-refractivity contribution in [3.63, 3.8) is 0 Å². The molecule has 8 heteroatoms. The normalized spacial score (nSPS) is 20.0. The molecule has 1 saturated carbocycles. The molecule has 2 heterocycles.